The van der Waals surface area contributed by atoms with Crippen molar-refractivity contribution in [3.8, 4) is 11.4 Å². The molecule has 176 valence electrons. The largest absolute Gasteiger partial charge is 0.343 e. The second-order valence-electron chi connectivity index (χ2n) is 9.74. The summed E-state index contributed by atoms with van der Waals surface area (Å²) in [5.74, 6) is 2.55. The molecule has 1 aromatic carbocycles. The average molecular weight is 450 g/mol. The predicted octanol–water partition coefficient (Wildman–Crippen LogP) is 5.39. The zero-order valence-corrected chi connectivity index (χ0v) is 19.5. The number of likely N-dealkylation sites (tertiary alicyclic amines) is 1. The lowest BCUT2D eigenvalue weighted by Gasteiger charge is -2.14. The molecule has 3 aromatic rings. The Morgan fingerprint density at radius 3 is 2.76 bits per heavy atom. The highest BCUT2D eigenvalue weighted by Crippen LogP contribution is 2.29. The molecule has 1 saturated heterocycles. The number of aromatic nitrogens is 4. The van der Waals surface area contributed by atoms with E-state index in [1.54, 1.807) is 0 Å². The van der Waals surface area contributed by atoms with Crippen molar-refractivity contribution in [2.24, 2.45) is 5.92 Å². The van der Waals surface area contributed by atoms with Crippen LogP contribution >= 0.6 is 0 Å². The number of aryl methyl sites for hydroxylation is 2. The van der Waals surface area contributed by atoms with Gasteiger partial charge >= 0.3 is 0 Å². The number of benzene rings is 1. The SMILES string of the molecule is O=C(CCCCCn1cnc2cc(-c3noc(CCC4CCCC4)n3)ccc21)N1CCCC1. The van der Waals surface area contributed by atoms with Gasteiger partial charge in [-0.2, -0.15) is 4.98 Å². The predicted molar refractivity (Wildman–Crippen MR) is 128 cm³/mol. The van der Waals surface area contributed by atoms with Gasteiger partial charge < -0.3 is 14.0 Å². The minimum atomic E-state index is 0.330. The monoisotopic (exact) mass is 449 g/mol. The van der Waals surface area contributed by atoms with E-state index in [9.17, 15) is 4.79 Å². The van der Waals surface area contributed by atoms with Crippen LogP contribution in [0.25, 0.3) is 22.4 Å². The van der Waals surface area contributed by atoms with Crippen LogP contribution in [-0.2, 0) is 17.8 Å². The van der Waals surface area contributed by atoms with Crippen molar-refractivity contribution in [1.29, 1.82) is 0 Å². The van der Waals surface area contributed by atoms with Crippen LogP contribution in [0.15, 0.2) is 29.0 Å². The fraction of sp³-hybridized carbons (Fsp3) is 0.615. The minimum Gasteiger partial charge on any atom is -0.343 e. The Kier molecular flexibility index (Phi) is 7.03. The van der Waals surface area contributed by atoms with Crippen LogP contribution < -0.4 is 0 Å². The summed E-state index contributed by atoms with van der Waals surface area (Å²) in [4.78, 5) is 23.4. The molecule has 7 nitrogen and oxygen atoms in total. The van der Waals surface area contributed by atoms with Gasteiger partial charge in [-0.1, -0.05) is 37.3 Å². The molecule has 1 amide bonds. The Morgan fingerprint density at radius 2 is 1.91 bits per heavy atom. The molecule has 0 unspecified atom stereocenters. The van der Waals surface area contributed by atoms with E-state index in [4.69, 9.17) is 4.52 Å². The number of nitrogens with zero attached hydrogens (tertiary/aromatic N) is 5. The summed E-state index contributed by atoms with van der Waals surface area (Å²) in [5, 5.41) is 4.21. The maximum atomic E-state index is 12.2. The molecule has 33 heavy (non-hydrogen) atoms. The van der Waals surface area contributed by atoms with Gasteiger partial charge in [0, 0.05) is 38.0 Å². The molecule has 0 bridgehead atoms. The topological polar surface area (TPSA) is 77.0 Å². The Bertz CT molecular complexity index is 1060. The van der Waals surface area contributed by atoms with E-state index in [0.717, 1.165) is 93.0 Å². The Balaban J connectivity index is 1.11. The molecule has 5 rings (SSSR count). The van der Waals surface area contributed by atoms with Crippen LogP contribution in [-0.4, -0.2) is 43.6 Å². The minimum absolute atomic E-state index is 0.330. The zero-order chi connectivity index (χ0) is 22.5. The first-order valence-corrected chi connectivity index (χ1v) is 12.8. The van der Waals surface area contributed by atoms with Crippen molar-refractivity contribution in [2.75, 3.05) is 13.1 Å². The first kappa shape index (κ1) is 22.1. The van der Waals surface area contributed by atoms with Crippen LogP contribution in [0.1, 0.15) is 76.5 Å². The van der Waals surface area contributed by atoms with E-state index in [-0.39, 0.29) is 0 Å². The lowest BCUT2D eigenvalue weighted by molar-refractivity contribution is -0.130. The number of amides is 1. The van der Waals surface area contributed by atoms with Gasteiger partial charge in [-0.25, -0.2) is 4.98 Å². The molecule has 7 heteroatoms. The fourth-order valence-electron chi connectivity index (χ4n) is 5.34. The molecule has 0 N–H and O–H groups in total. The van der Waals surface area contributed by atoms with Crippen LogP contribution in [0, 0.1) is 5.92 Å². The second-order valence-corrected chi connectivity index (χ2v) is 9.74. The normalized spacial score (nSPS) is 16.9. The van der Waals surface area contributed by atoms with Gasteiger partial charge in [0.1, 0.15) is 0 Å². The Labute approximate surface area is 195 Å². The van der Waals surface area contributed by atoms with Crippen molar-refractivity contribution in [3.05, 3.63) is 30.4 Å². The molecule has 0 spiro atoms. The van der Waals surface area contributed by atoms with Gasteiger partial charge in [0.15, 0.2) is 0 Å². The number of carbonyl (C=O) groups is 1. The third-order valence-electron chi connectivity index (χ3n) is 7.34. The standard InChI is InChI=1S/C26H35N5O2/c32-25(30-15-6-7-16-30)10-2-1-5-17-31-19-27-22-18-21(12-13-23(22)31)26-28-24(33-29-26)14-11-20-8-3-4-9-20/h12-13,18-20H,1-11,14-17H2. The molecule has 1 saturated carbocycles. The molecule has 0 radical (unpaired) electrons. The van der Waals surface area contributed by atoms with Crippen LogP contribution in [0.5, 0.6) is 0 Å². The molecule has 2 fully saturated rings. The summed E-state index contributed by atoms with van der Waals surface area (Å²) in [6.45, 7) is 2.82. The Morgan fingerprint density at radius 1 is 1.06 bits per heavy atom. The van der Waals surface area contributed by atoms with Gasteiger partial charge in [0.25, 0.3) is 0 Å². The molecule has 0 atom stereocenters. The maximum Gasteiger partial charge on any atom is 0.226 e. The molecular formula is C26H35N5O2. The van der Waals surface area contributed by atoms with Gasteiger partial charge in [-0.15, -0.1) is 0 Å². The quantitative estimate of drug-likeness (QED) is 0.388. The third-order valence-corrected chi connectivity index (χ3v) is 7.34. The number of imidazole rings is 1. The van der Waals surface area contributed by atoms with E-state index in [2.05, 4.69) is 31.8 Å². The van der Waals surface area contributed by atoms with Crippen LogP contribution in [0.4, 0.5) is 0 Å². The van der Waals surface area contributed by atoms with E-state index in [1.807, 2.05) is 17.3 Å². The summed E-state index contributed by atoms with van der Waals surface area (Å²) in [7, 11) is 0. The highest BCUT2D eigenvalue weighted by Gasteiger charge is 2.18. The second kappa shape index (κ2) is 10.5. The molecule has 2 aliphatic rings. The Hall–Kier alpha value is -2.70. The summed E-state index contributed by atoms with van der Waals surface area (Å²) in [6.07, 6.45) is 15.4. The highest BCUT2D eigenvalue weighted by atomic mass is 16.5. The molecule has 2 aromatic heterocycles. The molecule has 3 heterocycles. The zero-order valence-electron chi connectivity index (χ0n) is 19.5. The van der Waals surface area contributed by atoms with Crippen molar-refractivity contribution in [2.45, 2.75) is 83.6 Å². The van der Waals surface area contributed by atoms with Gasteiger partial charge in [0.2, 0.25) is 17.6 Å². The fourth-order valence-corrected chi connectivity index (χ4v) is 5.34. The average Bonchev–Trinajstić information content (AvgIpc) is 3.64. The van der Waals surface area contributed by atoms with E-state index in [1.165, 1.54) is 25.7 Å². The van der Waals surface area contributed by atoms with Gasteiger partial charge in [-0.3, -0.25) is 4.79 Å². The van der Waals surface area contributed by atoms with Crippen LogP contribution in [0.3, 0.4) is 0 Å². The highest BCUT2D eigenvalue weighted by molar-refractivity contribution is 5.80. The lowest BCUT2D eigenvalue weighted by Crippen LogP contribution is -2.27. The lowest BCUT2D eigenvalue weighted by atomic mass is 10.0. The van der Waals surface area contributed by atoms with Crippen LogP contribution in [0.2, 0.25) is 0 Å². The number of fused-ring (bicyclic) bond motifs is 1. The molecule has 1 aliphatic heterocycles. The first-order chi connectivity index (χ1) is 16.3. The van der Waals surface area contributed by atoms with E-state index >= 15 is 0 Å². The smallest absolute Gasteiger partial charge is 0.226 e. The van der Waals surface area contributed by atoms with E-state index < -0.39 is 0 Å². The number of rotatable bonds is 10. The van der Waals surface area contributed by atoms with Crippen molar-refractivity contribution < 1.29 is 9.32 Å². The number of carbonyl (C=O) groups excluding carboxylic acids is 1. The number of hydrogen-bond donors (Lipinski definition) is 0. The maximum absolute atomic E-state index is 12.2. The van der Waals surface area contributed by atoms with Crippen molar-refractivity contribution >= 4 is 16.9 Å². The summed E-state index contributed by atoms with van der Waals surface area (Å²) in [5.41, 5.74) is 3.02. The summed E-state index contributed by atoms with van der Waals surface area (Å²) >= 11 is 0. The van der Waals surface area contributed by atoms with Crippen molar-refractivity contribution in [3.63, 3.8) is 0 Å². The third kappa shape index (κ3) is 5.45. The number of unbranched alkanes of at least 4 members (excludes halogenated alkanes) is 2. The number of hydrogen-bond acceptors (Lipinski definition) is 5. The van der Waals surface area contributed by atoms with Gasteiger partial charge in [-0.05, 0) is 56.2 Å². The van der Waals surface area contributed by atoms with Gasteiger partial charge in [0.05, 0.1) is 17.4 Å². The molecular weight excluding hydrogens is 414 g/mol. The van der Waals surface area contributed by atoms with E-state index in [0.29, 0.717) is 18.2 Å². The first-order valence-electron chi connectivity index (χ1n) is 12.8. The summed E-state index contributed by atoms with van der Waals surface area (Å²) < 4.78 is 7.71. The van der Waals surface area contributed by atoms with Crippen molar-refractivity contribution in [1.82, 2.24) is 24.6 Å². The molecule has 1 aliphatic carbocycles. The summed E-state index contributed by atoms with van der Waals surface area (Å²) in [6, 6.07) is 6.20.